The third-order valence-electron chi connectivity index (χ3n) is 6.11. The van der Waals surface area contributed by atoms with Crippen LogP contribution in [0.25, 0.3) is 0 Å². The van der Waals surface area contributed by atoms with Gasteiger partial charge in [-0.05, 0) is 38.5 Å². The molecule has 1 saturated carbocycles. The fourth-order valence-corrected chi connectivity index (χ4v) is 4.15. The number of hydrogen-bond donors (Lipinski definition) is 2. The molecule has 0 bridgehead atoms. The Labute approximate surface area is 187 Å². The summed E-state index contributed by atoms with van der Waals surface area (Å²) in [4.78, 5) is 34.0. The molecule has 0 aromatic rings. The predicted molar refractivity (Wildman–Crippen MR) is 121 cm³/mol. The molecule has 6 nitrogen and oxygen atoms in total. The van der Waals surface area contributed by atoms with Crippen molar-refractivity contribution in [3.8, 4) is 0 Å². The highest BCUT2D eigenvalue weighted by Crippen LogP contribution is 2.34. The van der Waals surface area contributed by atoms with Crippen molar-refractivity contribution in [2.45, 2.75) is 109 Å². The van der Waals surface area contributed by atoms with Crippen LogP contribution in [0.3, 0.4) is 0 Å². The number of carboxylic acids is 1. The molecule has 0 radical (unpaired) electrons. The van der Waals surface area contributed by atoms with E-state index in [1.165, 1.54) is 0 Å². The van der Waals surface area contributed by atoms with Crippen molar-refractivity contribution in [2.75, 3.05) is 6.61 Å². The monoisotopic (exact) mass is 438 g/mol. The molecule has 0 aromatic heterocycles. The minimum absolute atomic E-state index is 0.0749. The lowest BCUT2D eigenvalue weighted by Gasteiger charge is -2.21. The van der Waals surface area contributed by atoms with E-state index in [9.17, 15) is 19.5 Å². The van der Waals surface area contributed by atoms with E-state index < -0.39 is 17.5 Å². The number of carbonyl (C=O) groups is 3. The Morgan fingerprint density at radius 1 is 1.10 bits per heavy atom. The predicted octanol–water partition coefficient (Wildman–Crippen LogP) is 5.22. The number of Topliss-reactive ketones (excluding diaryl/α,β-unsaturated/α-hetero) is 1. The summed E-state index contributed by atoms with van der Waals surface area (Å²) in [5.41, 5.74) is -0.789. The molecule has 3 atom stereocenters. The molecule has 0 heterocycles. The molecular weight excluding hydrogens is 396 g/mol. The number of aliphatic hydroxyl groups is 1. The van der Waals surface area contributed by atoms with Gasteiger partial charge in [0, 0.05) is 12.3 Å². The van der Waals surface area contributed by atoms with E-state index in [1.807, 2.05) is 13.0 Å². The summed E-state index contributed by atoms with van der Waals surface area (Å²) in [6.07, 6.45) is 15.0. The highest BCUT2D eigenvalue weighted by Gasteiger charge is 2.32. The molecule has 0 aliphatic heterocycles. The van der Waals surface area contributed by atoms with Crippen LogP contribution < -0.4 is 0 Å². The largest absolute Gasteiger partial charge is 0.481 e. The molecule has 0 saturated heterocycles. The van der Waals surface area contributed by atoms with Crippen molar-refractivity contribution in [1.82, 2.24) is 0 Å². The number of rotatable bonds is 17. The van der Waals surface area contributed by atoms with Gasteiger partial charge in [0.15, 0.2) is 0 Å². The Balaban J connectivity index is 2.20. The first-order chi connectivity index (χ1) is 14.7. The van der Waals surface area contributed by atoms with Crippen LogP contribution in [0.4, 0.5) is 0 Å². The number of esters is 1. The molecule has 1 fully saturated rings. The van der Waals surface area contributed by atoms with Crippen LogP contribution in [0.1, 0.15) is 104 Å². The van der Waals surface area contributed by atoms with Gasteiger partial charge in [-0.25, -0.2) is 0 Å². The Hall–Kier alpha value is -1.69. The summed E-state index contributed by atoms with van der Waals surface area (Å²) in [5, 5.41) is 19.1. The SMILES string of the molecule is CCCCC[C@](C)(O)/C=C/[C@H]1CCC(=O)[C@@H]1CCCCCCCOC(=O)CCC(=O)O. The van der Waals surface area contributed by atoms with Crippen LogP contribution in [-0.2, 0) is 19.1 Å². The van der Waals surface area contributed by atoms with E-state index in [-0.39, 0.29) is 24.7 Å². The van der Waals surface area contributed by atoms with Crippen molar-refractivity contribution in [1.29, 1.82) is 0 Å². The van der Waals surface area contributed by atoms with Crippen molar-refractivity contribution in [3.05, 3.63) is 12.2 Å². The van der Waals surface area contributed by atoms with E-state index >= 15 is 0 Å². The fraction of sp³-hybridized carbons (Fsp3) is 0.800. The average Bonchev–Trinajstić information content (AvgIpc) is 3.06. The second-order valence-corrected chi connectivity index (χ2v) is 9.12. The zero-order valence-electron chi connectivity index (χ0n) is 19.4. The zero-order valence-corrected chi connectivity index (χ0v) is 19.4. The van der Waals surface area contributed by atoms with Crippen LogP contribution in [-0.4, -0.2) is 40.1 Å². The number of ketones is 1. The van der Waals surface area contributed by atoms with Crippen LogP contribution in [0.2, 0.25) is 0 Å². The van der Waals surface area contributed by atoms with Gasteiger partial charge in [0.2, 0.25) is 0 Å². The number of ether oxygens (including phenoxy) is 1. The maximum atomic E-state index is 12.3. The normalized spacial score (nSPS) is 20.8. The first-order valence-electron chi connectivity index (χ1n) is 12.1. The molecule has 1 aliphatic carbocycles. The summed E-state index contributed by atoms with van der Waals surface area (Å²) in [5.74, 6) is -0.764. The molecule has 2 N–H and O–H groups in total. The van der Waals surface area contributed by atoms with Crippen molar-refractivity contribution in [2.24, 2.45) is 11.8 Å². The fourth-order valence-electron chi connectivity index (χ4n) is 4.15. The number of hydrogen-bond acceptors (Lipinski definition) is 5. The van der Waals surface area contributed by atoms with E-state index in [2.05, 4.69) is 13.0 Å². The molecule has 1 rings (SSSR count). The summed E-state index contributed by atoms with van der Waals surface area (Å²) in [6.45, 7) is 4.35. The number of allylic oxidation sites excluding steroid dienone is 1. The van der Waals surface area contributed by atoms with Crippen LogP contribution in [0.5, 0.6) is 0 Å². The molecule has 0 unspecified atom stereocenters. The van der Waals surface area contributed by atoms with Gasteiger partial charge in [-0.1, -0.05) is 64.0 Å². The molecule has 0 spiro atoms. The lowest BCUT2D eigenvalue weighted by Crippen LogP contribution is -2.21. The molecular formula is C25H42O6. The first kappa shape index (κ1) is 27.3. The maximum Gasteiger partial charge on any atom is 0.306 e. The minimum Gasteiger partial charge on any atom is -0.481 e. The summed E-state index contributed by atoms with van der Waals surface area (Å²) >= 11 is 0. The number of carbonyl (C=O) groups excluding carboxylic acids is 2. The van der Waals surface area contributed by atoms with Gasteiger partial charge in [0.05, 0.1) is 25.0 Å². The Morgan fingerprint density at radius 3 is 2.52 bits per heavy atom. The highest BCUT2D eigenvalue weighted by molar-refractivity contribution is 5.83. The number of unbranched alkanes of at least 4 members (excludes halogenated alkanes) is 6. The topological polar surface area (TPSA) is 101 Å². The minimum atomic E-state index is -0.993. The Morgan fingerprint density at radius 2 is 1.81 bits per heavy atom. The van der Waals surface area contributed by atoms with E-state index in [4.69, 9.17) is 9.84 Å². The zero-order chi connectivity index (χ0) is 23.1. The molecule has 31 heavy (non-hydrogen) atoms. The molecule has 0 amide bonds. The standard InChI is InChI=1S/C25H42O6/c1-3-4-9-17-25(2,30)18-16-20-12-13-22(26)21(20)11-8-6-5-7-10-19-31-24(29)15-14-23(27)28/h16,18,20-21,30H,3-15,17,19H2,1-2H3,(H,27,28)/b18-16+/t20-,21-,25+/m1/s1. The van der Waals surface area contributed by atoms with E-state index in [0.717, 1.165) is 70.6 Å². The van der Waals surface area contributed by atoms with Gasteiger partial charge < -0.3 is 14.9 Å². The van der Waals surface area contributed by atoms with Gasteiger partial charge in [-0.2, -0.15) is 0 Å². The molecule has 6 heteroatoms. The maximum absolute atomic E-state index is 12.3. The molecule has 178 valence electrons. The van der Waals surface area contributed by atoms with Gasteiger partial charge in [0.25, 0.3) is 0 Å². The molecule has 0 aromatic carbocycles. The van der Waals surface area contributed by atoms with Crippen molar-refractivity contribution >= 4 is 17.7 Å². The van der Waals surface area contributed by atoms with Gasteiger partial charge in [-0.3, -0.25) is 14.4 Å². The third-order valence-corrected chi connectivity index (χ3v) is 6.11. The van der Waals surface area contributed by atoms with Gasteiger partial charge in [0.1, 0.15) is 5.78 Å². The smallest absolute Gasteiger partial charge is 0.306 e. The van der Waals surface area contributed by atoms with Crippen molar-refractivity contribution < 1.29 is 29.3 Å². The van der Waals surface area contributed by atoms with Crippen molar-refractivity contribution in [3.63, 3.8) is 0 Å². The third kappa shape index (κ3) is 12.7. The van der Waals surface area contributed by atoms with Gasteiger partial charge >= 0.3 is 11.9 Å². The van der Waals surface area contributed by atoms with E-state index in [0.29, 0.717) is 18.8 Å². The van der Waals surface area contributed by atoms with Crippen LogP contribution >= 0.6 is 0 Å². The molecule has 1 aliphatic rings. The summed E-state index contributed by atoms with van der Waals surface area (Å²) in [6, 6.07) is 0. The Bertz CT molecular complexity index is 581. The number of carboxylic acid groups (broad SMARTS) is 1. The average molecular weight is 439 g/mol. The summed E-state index contributed by atoms with van der Waals surface area (Å²) < 4.78 is 5.02. The lowest BCUT2D eigenvalue weighted by molar-refractivity contribution is -0.147. The first-order valence-corrected chi connectivity index (χ1v) is 12.1. The van der Waals surface area contributed by atoms with Gasteiger partial charge in [-0.15, -0.1) is 0 Å². The van der Waals surface area contributed by atoms with Crippen LogP contribution in [0.15, 0.2) is 12.2 Å². The second-order valence-electron chi connectivity index (χ2n) is 9.12. The lowest BCUT2D eigenvalue weighted by atomic mass is 9.87. The number of aliphatic carboxylic acids is 1. The Kier molecular flexibility index (Phi) is 13.4. The second kappa shape index (κ2) is 15.2. The highest BCUT2D eigenvalue weighted by atomic mass is 16.5. The van der Waals surface area contributed by atoms with E-state index in [1.54, 1.807) is 0 Å². The van der Waals surface area contributed by atoms with Crippen LogP contribution in [0, 0.1) is 11.8 Å². The summed E-state index contributed by atoms with van der Waals surface area (Å²) in [7, 11) is 0. The quantitative estimate of drug-likeness (QED) is 0.183.